The number of ketones is 2. The fraction of sp³-hybridized carbons (Fsp3) is 0.182. The van der Waals surface area contributed by atoms with E-state index in [0.717, 1.165) is 6.92 Å². The van der Waals surface area contributed by atoms with E-state index in [1.54, 1.807) is 12.1 Å². The maximum Gasteiger partial charge on any atom is 0.258 e. The normalized spacial score (nSPS) is 12.2. The number of hydrogen-bond acceptors (Lipinski definition) is 10. The van der Waals surface area contributed by atoms with Crippen LogP contribution in [0.3, 0.4) is 0 Å². The topological polar surface area (TPSA) is 200 Å². The van der Waals surface area contributed by atoms with E-state index in [4.69, 9.17) is 92.8 Å². The summed E-state index contributed by atoms with van der Waals surface area (Å²) in [6.07, 6.45) is 0.717. The number of nitrogens with one attached hydrogen (secondary N) is 4. The number of azo groups is 2. The summed E-state index contributed by atoms with van der Waals surface area (Å²) < 4.78 is 0. The Morgan fingerprint density at radius 2 is 0.848 bits per heavy atom. The predicted molar refractivity (Wildman–Crippen MR) is 262 cm³/mol. The molecule has 5 aromatic rings. The lowest BCUT2D eigenvalue weighted by molar-refractivity contribution is -0.127. The van der Waals surface area contributed by atoms with E-state index >= 15 is 0 Å². The minimum absolute atomic E-state index is 0.0526. The minimum Gasteiger partial charge on any atom is -0.324 e. The molecule has 0 aromatic heterocycles. The van der Waals surface area contributed by atoms with Gasteiger partial charge in [0, 0.05) is 32.5 Å². The van der Waals surface area contributed by atoms with Crippen LogP contribution in [-0.4, -0.2) is 47.3 Å². The van der Waals surface area contributed by atoms with Crippen LogP contribution < -0.4 is 21.3 Å². The van der Waals surface area contributed by atoms with Crippen molar-refractivity contribution in [1.82, 2.24) is 0 Å². The van der Waals surface area contributed by atoms with Gasteiger partial charge in [-0.2, -0.15) is 20.5 Å². The van der Waals surface area contributed by atoms with Crippen LogP contribution >= 0.6 is 92.8 Å². The van der Waals surface area contributed by atoms with Gasteiger partial charge in [-0.15, -0.1) is 0 Å². The zero-order valence-electron chi connectivity index (χ0n) is 34.8. The van der Waals surface area contributed by atoms with Crippen molar-refractivity contribution in [3.8, 4) is 0 Å². The molecule has 0 saturated carbocycles. The number of hydrogen-bond donors (Lipinski definition) is 4. The highest BCUT2D eigenvalue weighted by molar-refractivity contribution is 6.45. The largest absolute Gasteiger partial charge is 0.324 e. The molecule has 2 atom stereocenters. The van der Waals surface area contributed by atoms with Crippen molar-refractivity contribution in [1.29, 1.82) is 0 Å². The Hall–Kier alpha value is -5.16. The third-order valence-electron chi connectivity index (χ3n) is 9.23. The van der Waals surface area contributed by atoms with Crippen molar-refractivity contribution in [3.63, 3.8) is 0 Å². The van der Waals surface area contributed by atoms with E-state index < -0.39 is 47.3 Å². The lowest BCUT2D eigenvalue weighted by atomic mass is 10.0. The lowest BCUT2D eigenvalue weighted by Gasteiger charge is -2.19. The molecule has 0 fully saturated rings. The Balaban J connectivity index is 1.31. The Bertz CT molecular complexity index is 2830. The number of Topliss-reactive ketones (excluding diaryl/α,β-unsaturated/α-hetero) is 2. The summed E-state index contributed by atoms with van der Waals surface area (Å²) in [5, 5.41) is 28.0. The second-order valence-electron chi connectivity index (χ2n) is 14.1. The van der Waals surface area contributed by atoms with Gasteiger partial charge < -0.3 is 21.3 Å². The minimum atomic E-state index is -1.61. The number of aryl methyl sites for hydroxylation is 2. The van der Waals surface area contributed by atoms with Crippen LogP contribution in [0, 0.1) is 0 Å². The number of benzene rings is 5. The van der Waals surface area contributed by atoms with Crippen molar-refractivity contribution < 1.29 is 28.8 Å². The molecule has 342 valence electrons. The van der Waals surface area contributed by atoms with Crippen molar-refractivity contribution >= 4 is 162 Å². The fourth-order valence-corrected chi connectivity index (χ4v) is 7.64. The Kier molecular flexibility index (Phi) is 18.1. The van der Waals surface area contributed by atoms with E-state index in [0.29, 0.717) is 29.7 Å². The quantitative estimate of drug-likeness (QED) is 0.0430. The Morgan fingerprint density at radius 1 is 0.470 bits per heavy atom. The summed E-state index contributed by atoms with van der Waals surface area (Å²) in [5.41, 5.74) is 2.39. The number of anilines is 4. The van der Waals surface area contributed by atoms with Gasteiger partial charge in [0.1, 0.15) is 0 Å². The molecule has 2 unspecified atom stereocenters. The average molecular weight is 1050 g/mol. The molecule has 0 aliphatic rings. The first-order valence-electron chi connectivity index (χ1n) is 19.3. The molecule has 14 nitrogen and oxygen atoms in total. The van der Waals surface area contributed by atoms with Crippen LogP contribution in [0.1, 0.15) is 59.5 Å². The van der Waals surface area contributed by atoms with Crippen molar-refractivity contribution in [2.45, 2.75) is 52.6 Å². The summed E-state index contributed by atoms with van der Waals surface area (Å²) in [6, 6.07) is 13.6. The summed E-state index contributed by atoms with van der Waals surface area (Å²) >= 11 is 49.1. The van der Waals surface area contributed by atoms with Crippen molar-refractivity contribution in [3.05, 3.63) is 135 Å². The van der Waals surface area contributed by atoms with Gasteiger partial charge in [-0.3, -0.25) is 28.8 Å². The first-order valence-corrected chi connectivity index (χ1v) is 22.3. The molecular formula is C44H34Cl8N8O6. The monoisotopic (exact) mass is 1050 g/mol. The maximum atomic E-state index is 13.7. The molecule has 22 heteroatoms. The van der Waals surface area contributed by atoms with Gasteiger partial charge in [-0.1, -0.05) is 107 Å². The van der Waals surface area contributed by atoms with E-state index in [2.05, 4.69) is 41.7 Å². The second kappa shape index (κ2) is 23.0. The first kappa shape index (κ1) is 51.8. The molecule has 0 aliphatic carbocycles. The van der Waals surface area contributed by atoms with Gasteiger partial charge >= 0.3 is 0 Å². The molecule has 5 rings (SSSR count). The summed E-state index contributed by atoms with van der Waals surface area (Å²) in [7, 11) is 0. The number of rotatable bonds is 16. The summed E-state index contributed by atoms with van der Waals surface area (Å²) in [5.74, 6) is -4.16. The maximum absolute atomic E-state index is 13.7. The first-order chi connectivity index (χ1) is 31.2. The van der Waals surface area contributed by atoms with Crippen LogP contribution in [0.5, 0.6) is 0 Å². The van der Waals surface area contributed by atoms with Gasteiger partial charge in [0.15, 0.2) is 11.6 Å². The van der Waals surface area contributed by atoms with Gasteiger partial charge in [0.25, 0.3) is 23.6 Å². The Labute approximate surface area is 417 Å². The molecule has 0 saturated heterocycles. The molecule has 66 heavy (non-hydrogen) atoms. The van der Waals surface area contributed by atoms with E-state index in [9.17, 15) is 28.8 Å². The van der Waals surface area contributed by atoms with Crippen LogP contribution in [0.25, 0.3) is 0 Å². The average Bonchev–Trinajstić information content (AvgIpc) is 3.24. The number of amides is 4. The lowest BCUT2D eigenvalue weighted by Crippen LogP contribution is -2.33. The summed E-state index contributed by atoms with van der Waals surface area (Å²) in [6.45, 7) is 5.95. The van der Waals surface area contributed by atoms with Gasteiger partial charge in [0.05, 0.1) is 52.9 Å². The molecular weight excluding hydrogens is 1020 g/mol. The number of carbonyl (C=O) groups excluding carboxylic acids is 6. The molecule has 0 aliphatic heterocycles. The number of carbonyl (C=O) groups is 6. The van der Waals surface area contributed by atoms with Gasteiger partial charge in [-0.25, -0.2) is 0 Å². The Morgan fingerprint density at radius 3 is 1.23 bits per heavy atom. The molecule has 0 radical (unpaired) electrons. The molecule has 0 spiro atoms. The highest BCUT2D eigenvalue weighted by Gasteiger charge is 2.27. The predicted octanol–water partition coefficient (Wildman–Crippen LogP) is 13.9. The molecule has 0 bridgehead atoms. The SMILES string of the molecule is CCc1cc(NC(=O)C(N=Nc2cc(Cl)cc(C(=O)Nc3cc(Cl)c(Cl)cc3Cl)c2)C(C)=O)cc(CC)c1NC(=O)C(N=Nc1cc(Cl)cc(C(=O)Nc2cc(Cl)c(Cl)cc2Cl)c1)C(C)=O. The second-order valence-corrected chi connectivity index (χ2v) is 17.4. The number of nitrogens with zero attached hydrogens (tertiary/aromatic N) is 4. The zero-order chi connectivity index (χ0) is 48.6. The number of halogens is 8. The van der Waals surface area contributed by atoms with Crippen LogP contribution in [-0.2, 0) is 32.0 Å². The van der Waals surface area contributed by atoms with E-state index in [-0.39, 0.29) is 79.7 Å². The zero-order valence-corrected chi connectivity index (χ0v) is 40.8. The molecule has 0 heterocycles. The molecule has 4 N–H and O–H groups in total. The van der Waals surface area contributed by atoms with E-state index in [1.165, 1.54) is 67.6 Å². The van der Waals surface area contributed by atoms with Gasteiger partial charge in [-0.05, 0) is 111 Å². The third kappa shape index (κ3) is 13.5. The molecule has 5 aromatic carbocycles. The third-order valence-corrected chi connectivity index (χ3v) is 11.7. The van der Waals surface area contributed by atoms with Crippen molar-refractivity contribution in [2.75, 3.05) is 21.3 Å². The van der Waals surface area contributed by atoms with Gasteiger partial charge in [0.2, 0.25) is 12.1 Å². The fourth-order valence-electron chi connectivity index (χ4n) is 6.00. The summed E-state index contributed by atoms with van der Waals surface area (Å²) in [4.78, 5) is 78.9. The smallest absolute Gasteiger partial charge is 0.258 e. The highest BCUT2D eigenvalue weighted by atomic mass is 35.5. The van der Waals surface area contributed by atoms with Crippen LogP contribution in [0.2, 0.25) is 40.2 Å². The molecule has 4 amide bonds. The van der Waals surface area contributed by atoms with E-state index in [1.807, 2.05) is 13.8 Å². The van der Waals surface area contributed by atoms with Crippen LogP contribution in [0.15, 0.2) is 93.3 Å². The standard InChI is InChI=1S/C44H34Cl8N8O6/c1-5-21-9-27(53-43(65)38(19(3)61)59-57-28-11-23(7-25(45)13-28)41(63)54-36-17-32(49)30(47)15-34(36)51)10-22(6-2)40(21)56-44(66)39(20(4)62)60-58-29-12-24(8-26(46)14-29)42(64)55-37-18-33(50)31(48)16-35(37)52/h7-18,38-39H,5-6H2,1-4H3,(H,53,65)(H,54,63)(H,55,64)(H,56,66). The van der Waals surface area contributed by atoms with Crippen molar-refractivity contribution in [2.24, 2.45) is 20.5 Å². The van der Waals surface area contributed by atoms with Crippen LogP contribution in [0.4, 0.5) is 34.1 Å². The highest BCUT2D eigenvalue weighted by Crippen LogP contribution is 2.35.